The number of carboxylic acids is 1. The van der Waals surface area contributed by atoms with Gasteiger partial charge < -0.3 is 19.8 Å². The Morgan fingerprint density at radius 1 is 0.432 bits per heavy atom. The van der Waals surface area contributed by atoms with E-state index >= 15 is 9.59 Å². The maximum Gasteiger partial charge on any atom is 0.335 e. The van der Waals surface area contributed by atoms with E-state index in [-0.39, 0.29) is 24.1 Å². The molecule has 2 aliphatic rings. The van der Waals surface area contributed by atoms with Crippen molar-refractivity contribution in [3.05, 3.63) is 239 Å². The molecule has 2 aliphatic heterocycles. The van der Waals surface area contributed by atoms with E-state index in [9.17, 15) is 9.90 Å². The highest BCUT2D eigenvalue weighted by atomic mass is 32.1. The van der Waals surface area contributed by atoms with Gasteiger partial charge in [0, 0.05) is 50.3 Å². The van der Waals surface area contributed by atoms with Gasteiger partial charge in [-0.25, -0.2) is 9.78 Å². The van der Waals surface area contributed by atoms with Gasteiger partial charge in [0.05, 0.1) is 53.8 Å². The van der Waals surface area contributed by atoms with Crippen molar-refractivity contribution in [3.8, 4) is 41.9 Å². The molecule has 576 valence electrons. The molecule has 0 bridgehead atoms. The monoisotopic (exact) mass is 1550 g/mol. The first kappa shape index (κ1) is 81.8. The van der Waals surface area contributed by atoms with Gasteiger partial charge in [-0.05, 0) is 199 Å². The first-order valence-electron chi connectivity index (χ1n) is 41.6. The van der Waals surface area contributed by atoms with Crippen molar-refractivity contribution >= 4 is 115 Å². The summed E-state index contributed by atoms with van der Waals surface area (Å²) < 4.78 is 0. The largest absolute Gasteiger partial charge is 0.478 e. The summed E-state index contributed by atoms with van der Waals surface area (Å²) >= 11 is 6.66. The standard InChI is InChI=1S/C98H113BN4O4S4/c1-11-15-19-23-27-31-35-73-39-48-78(49-40-73)103(79-50-41-74(42-51-79)36-32-28-24-20-16-12-2)80-52-46-76(47-53-80)83-55-57-85(109-83)92-88-89(97(105)101(92)59-33-29-25-21-17-13-3)93(102(96(88)104)60-34-30-26-22-18-14-4)86-58-56-84(110-86)87-65-82(94(111-87)95-100-66-81(108-95)54-43-75-37-44-77(45-38-75)98(106)107)99(90-69(7)61-67(5)62-70(90)8)91-71(9)63-68(6)64-72(91)10/h37-42,44-53,55-58,61-66H,11-36,59-60H2,1-10H3,(H,106,107). The zero-order chi connectivity index (χ0) is 77.9. The molecule has 2 amide bonds. The van der Waals surface area contributed by atoms with Gasteiger partial charge >= 0.3 is 5.97 Å². The van der Waals surface area contributed by atoms with E-state index in [1.54, 1.807) is 69.6 Å². The second-order valence-corrected chi connectivity index (χ2v) is 35.3. The fourth-order valence-electron chi connectivity index (χ4n) is 16.6. The number of rotatable bonds is 40. The molecule has 4 aromatic heterocycles. The molecule has 6 heterocycles. The molecular formula is C98H113BN4O4S4. The van der Waals surface area contributed by atoms with Crippen molar-refractivity contribution in [3.63, 3.8) is 0 Å². The summed E-state index contributed by atoms with van der Waals surface area (Å²) in [6.45, 7) is 23.3. The number of aromatic nitrogens is 1. The van der Waals surface area contributed by atoms with Crippen LogP contribution in [0.3, 0.4) is 0 Å². The maximum atomic E-state index is 16.1. The number of aryl methyl sites for hydroxylation is 8. The van der Waals surface area contributed by atoms with Crippen LogP contribution in [0.15, 0.2) is 169 Å². The van der Waals surface area contributed by atoms with Gasteiger partial charge in [-0.1, -0.05) is 267 Å². The predicted octanol–water partition coefficient (Wildman–Crippen LogP) is 25.6. The first-order chi connectivity index (χ1) is 54.0. The maximum absolute atomic E-state index is 16.1. The lowest BCUT2D eigenvalue weighted by molar-refractivity contribution is -0.124. The molecule has 0 fully saturated rings. The Balaban J connectivity index is 0.931. The second-order valence-electron chi connectivity index (χ2n) is 31.1. The van der Waals surface area contributed by atoms with Crippen LogP contribution in [-0.2, 0) is 22.4 Å². The zero-order valence-corrected chi connectivity index (χ0v) is 70.7. The van der Waals surface area contributed by atoms with Crippen molar-refractivity contribution in [1.82, 2.24) is 14.8 Å². The first-order valence-corrected chi connectivity index (χ1v) is 44.8. The van der Waals surface area contributed by atoms with Gasteiger partial charge in [0.25, 0.3) is 11.8 Å². The van der Waals surface area contributed by atoms with Crippen LogP contribution in [0.25, 0.3) is 41.5 Å². The van der Waals surface area contributed by atoms with E-state index in [1.165, 1.54) is 152 Å². The van der Waals surface area contributed by atoms with Crippen molar-refractivity contribution in [2.24, 2.45) is 0 Å². The van der Waals surface area contributed by atoms with Gasteiger partial charge in [-0.3, -0.25) is 9.59 Å². The lowest BCUT2D eigenvalue weighted by Crippen LogP contribution is -2.56. The van der Waals surface area contributed by atoms with Crippen molar-refractivity contribution in [1.29, 1.82) is 0 Å². The van der Waals surface area contributed by atoms with E-state index in [1.807, 2.05) is 16.0 Å². The topological polar surface area (TPSA) is 94.0 Å². The van der Waals surface area contributed by atoms with Crippen LogP contribution in [-0.4, -0.2) is 57.5 Å². The van der Waals surface area contributed by atoms with E-state index in [4.69, 9.17) is 4.98 Å². The SMILES string of the molecule is CCCCCCCCc1ccc(N(c2ccc(CCCCCCCC)cc2)c2ccc(-c3ccc(C4=C5C(=O)N(CCCCCCCC)C(c6ccc(-c7cc(B(c8c(C)cc(C)cc8C)c8c(C)cc(C)cc8C)c(-c8ncc(C#Cc9ccc(C(=O)O)cc9)s8)s7)s6)=C5C(=O)N4CCCCCCCC)s3)cc2)cc1. The molecule has 0 spiro atoms. The third-order valence-corrected chi connectivity index (χ3v) is 26.9. The molecule has 0 saturated carbocycles. The average molecular weight is 1550 g/mol. The summed E-state index contributed by atoms with van der Waals surface area (Å²) in [6.07, 6.45) is 32.4. The van der Waals surface area contributed by atoms with Crippen molar-refractivity contribution in [2.45, 2.75) is 236 Å². The Hall–Kier alpha value is -8.64. The number of aromatic carboxylic acids is 1. The molecule has 0 radical (unpaired) electrons. The Morgan fingerprint density at radius 2 is 0.838 bits per heavy atom. The van der Waals surface area contributed by atoms with Crippen molar-refractivity contribution in [2.75, 3.05) is 18.0 Å². The summed E-state index contributed by atoms with van der Waals surface area (Å²) in [7, 11) is 0. The molecule has 0 atom stereocenters. The fourth-order valence-corrected chi connectivity index (χ4v) is 20.9. The van der Waals surface area contributed by atoms with E-state index in [2.05, 4.69) is 213 Å². The lowest BCUT2D eigenvalue weighted by atomic mass is 9.34. The highest BCUT2D eigenvalue weighted by molar-refractivity contribution is 7.28. The molecular weight excluding hydrogens is 1440 g/mol. The fraction of sp³-hybridized carbons (Fsp3) is 0.388. The number of thiophene rings is 3. The van der Waals surface area contributed by atoms with Crippen LogP contribution < -0.4 is 21.3 Å². The summed E-state index contributed by atoms with van der Waals surface area (Å²) in [6, 6.07) is 54.6. The van der Waals surface area contributed by atoms with Gasteiger partial charge in [-0.2, -0.15) is 0 Å². The quantitative estimate of drug-likeness (QED) is 0.0234. The summed E-state index contributed by atoms with van der Waals surface area (Å²) in [5.41, 5.74) is 21.8. The van der Waals surface area contributed by atoms with Crippen molar-refractivity contribution < 1.29 is 19.5 Å². The molecule has 1 N–H and O–H groups in total. The molecule has 0 aliphatic carbocycles. The van der Waals surface area contributed by atoms with Gasteiger partial charge in [0.2, 0.25) is 6.71 Å². The number of carboxylic acid groups (broad SMARTS) is 1. The van der Waals surface area contributed by atoms with E-state index in [0.29, 0.717) is 24.2 Å². The third kappa shape index (κ3) is 20.1. The van der Waals surface area contributed by atoms with Crippen LogP contribution in [0.4, 0.5) is 17.1 Å². The van der Waals surface area contributed by atoms with Crippen LogP contribution >= 0.6 is 45.3 Å². The Kier molecular flexibility index (Phi) is 29.3. The van der Waals surface area contributed by atoms with Gasteiger partial charge in [0.15, 0.2) is 0 Å². The number of anilines is 3. The van der Waals surface area contributed by atoms with Gasteiger partial charge in [-0.15, -0.1) is 45.3 Å². The van der Waals surface area contributed by atoms with Crippen LogP contribution in [0.2, 0.25) is 0 Å². The third-order valence-electron chi connectivity index (χ3n) is 22.3. The van der Waals surface area contributed by atoms with Gasteiger partial charge in [0.1, 0.15) is 5.01 Å². The van der Waals surface area contributed by atoms with Crippen LogP contribution in [0.5, 0.6) is 0 Å². The zero-order valence-electron chi connectivity index (χ0n) is 67.5. The number of fused-ring (bicyclic) bond motifs is 1. The highest BCUT2D eigenvalue weighted by Crippen LogP contribution is 2.51. The number of hydrogen-bond acceptors (Lipinski definition) is 9. The minimum atomic E-state index is -0.973. The minimum absolute atomic E-state index is 0.0845. The normalized spacial score (nSPS) is 12.8. The Labute approximate surface area is 679 Å². The number of unbranched alkanes of at least 4 members (excludes halogenated alkanes) is 20. The minimum Gasteiger partial charge on any atom is -0.478 e. The Bertz CT molecular complexity index is 4800. The number of hydrogen-bond donors (Lipinski definition) is 1. The molecule has 8 nitrogen and oxygen atoms in total. The number of nitrogens with zero attached hydrogens (tertiary/aromatic N) is 4. The second kappa shape index (κ2) is 39.7. The molecule has 10 aromatic rings. The highest BCUT2D eigenvalue weighted by Gasteiger charge is 2.49. The number of benzene rings is 6. The average Bonchev–Trinajstić information content (AvgIpc) is 1.56. The molecule has 0 unspecified atom stereocenters. The Morgan fingerprint density at radius 3 is 1.29 bits per heavy atom. The molecule has 13 heteroatoms. The predicted molar refractivity (Wildman–Crippen MR) is 477 cm³/mol. The van der Waals surface area contributed by atoms with Crippen LogP contribution in [0.1, 0.15) is 257 Å². The summed E-state index contributed by atoms with van der Waals surface area (Å²) in [4.78, 5) is 62.3. The smallest absolute Gasteiger partial charge is 0.335 e. The number of thiazole rings is 1. The lowest BCUT2D eigenvalue weighted by Gasteiger charge is -2.26. The molecule has 111 heavy (non-hydrogen) atoms. The number of carbonyl (C=O) groups excluding carboxylic acids is 2. The molecule has 6 aromatic carbocycles. The molecule has 12 rings (SSSR count). The van der Waals surface area contributed by atoms with Crippen LogP contribution in [0, 0.1) is 53.4 Å². The summed E-state index contributed by atoms with van der Waals surface area (Å²) in [5, 5.41) is 10.5. The number of amides is 2. The number of carbonyl (C=O) groups is 3. The molecule has 0 saturated heterocycles. The van der Waals surface area contributed by atoms with E-state index < -0.39 is 5.97 Å². The van der Waals surface area contributed by atoms with E-state index in [0.717, 1.165) is 155 Å². The summed E-state index contributed by atoms with van der Waals surface area (Å²) in [5.74, 6) is 5.49.